The molecule has 1 aromatic carbocycles. The number of carbonyl (C=O) groups excluding carboxylic acids is 1. The number of aryl methyl sites for hydroxylation is 1. The van der Waals surface area contributed by atoms with Crippen molar-refractivity contribution in [3.05, 3.63) is 28.8 Å². The van der Waals surface area contributed by atoms with E-state index in [9.17, 15) is 4.79 Å². The van der Waals surface area contributed by atoms with Crippen molar-refractivity contribution in [2.24, 2.45) is 5.92 Å². The molecule has 0 unspecified atom stereocenters. The van der Waals surface area contributed by atoms with E-state index in [1.165, 1.54) is 16.7 Å². The van der Waals surface area contributed by atoms with E-state index in [0.29, 0.717) is 18.8 Å². The molecule has 1 aromatic rings. The Balaban J connectivity index is 2.65. The molecule has 0 aliphatic rings. The molecule has 0 atom stereocenters. The zero-order valence-electron chi connectivity index (χ0n) is 12.9. The van der Waals surface area contributed by atoms with Gasteiger partial charge in [-0.25, -0.2) is 0 Å². The van der Waals surface area contributed by atoms with Gasteiger partial charge in [0.15, 0.2) is 0 Å². The van der Waals surface area contributed by atoms with Gasteiger partial charge >= 0.3 is 0 Å². The van der Waals surface area contributed by atoms with Crippen LogP contribution in [-0.2, 0) is 11.2 Å². The highest BCUT2D eigenvalue weighted by molar-refractivity contribution is 5.80. The van der Waals surface area contributed by atoms with Crippen molar-refractivity contribution in [2.45, 2.75) is 53.9 Å². The van der Waals surface area contributed by atoms with E-state index in [1.54, 1.807) is 0 Å². The highest BCUT2D eigenvalue weighted by atomic mass is 16.5. The van der Waals surface area contributed by atoms with Crippen molar-refractivity contribution in [3.8, 4) is 5.75 Å². The molecule has 19 heavy (non-hydrogen) atoms. The molecule has 0 aliphatic heterocycles. The van der Waals surface area contributed by atoms with Crippen LogP contribution in [0.5, 0.6) is 5.75 Å². The number of ether oxygens (including phenoxy) is 1. The van der Waals surface area contributed by atoms with Crippen molar-refractivity contribution in [1.82, 2.24) is 0 Å². The molecule has 0 aliphatic carbocycles. The molecule has 0 saturated heterocycles. The second kappa shape index (κ2) is 7.32. The van der Waals surface area contributed by atoms with Gasteiger partial charge in [-0.15, -0.1) is 0 Å². The van der Waals surface area contributed by atoms with Crippen LogP contribution in [0.2, 0.25) is 0 Å². The number of rotatable bonds is 7. The number of hydrogen-bond donors (Lipinski definition) is 0. The lowest BCUT2D eigenvalue weighted by molar-refractivity contribution is -0.121. The second-order valence-corrected chi connectivity index (χ2v) is 5.38. The monoisotopic (exact) mass is 262 g/mol. The number of ketones is 1. The highest BCUT2D eigenvalue weighted by Crippen LogP contribution is 2.25. The van der Waals surface area contributed by atoms with E-state index < -0.39 is 0 Å². The first-order valence-corrected chi connectivity index (χ1v) is 7.22. The average Bonchev–Trinajstić information content (AvgIpc) is 2.37. The maximum atomic E-state index is 11.6. The largest absolute Gasteiger partial charge is 0.494 e. The summed E-state index contributed by atoms with van der Waals surface area (Å²) in [6.45, 7) is 10.9. The predicted molar refractivity (Wildman–Crippen MR) is 79.9 cm³/mol. The van der Waals surface area contributed by atoms with Gasteiger partial charge in [-0.05, 0) is 56.4 Å². The van der Waals surface area contributed by atoms with Crippen LogP contribution in [0.4, 0.5) is 0 Å². The van der Waals surface area contributed by atoms with Gasteiger partial charge in [-0.3, -0.25) is 4.79 Å². The third-order valence-electron chi connectivity index (χ3n) is 3.66. The quantitative estimate of drug-likeness (QED) is 0.734. The van der Waals surface area contributed by atoms with Gasteiger partial charge in [0, 0.05) is 12.3 Å². The van der Waals surface area contributed by atoms with E-state index in [-0.39, 0.29) is 5.92 Å². The molecule has 2 nitrogen and oxygen atoms in total. The molecule has 0 aromatic heterocycles. The summed E-state index contributed by atoms with van der Waals surface area (Å²) in [4.78, 5) is 11.6. The molecule has 2 heteroatoms. The fourth-order valence-electron chi connectivity index (χ4n) is 2.18. The first kappa shape index (κ1) is 15.7. The van der Waals surface area contributed by atoms with E-state index in [2.05, 4.69) is 19.9 Å². The summed E-state index contributed by atoms with van der Waals surface area (Å²) in [7, 11) is 0. The van der Waals surface area contributed by atoms with Gasteiger partial charge in [-0.2, -0.15) is 0 Å². The predicted octanol–water partition coefficient (Wildman–Crippen LogP) is 4.25. The van der Waals surface area contributed by atoms with Crippen molar-refractivity contribution in [3.63, 3.8) is 0 Å². The fraction of sp³-hybridized carbons (Fsp3) is 0.588. The summed E-state index contributed by atoms with van der Waals surface area (Å²) in [5.41, 5.74) is 3.84. The summed E-state index contributed by atoms with van der Waals surface area (Å²) in [5, 5.41) is 0. The first-order valence-electron chi connectivity index (χ1n) is 7.22. The number of benzene rings is 1. The van der Waals surface area contributed by atoms with Crippen LogP contribution in [0, 0.1) is 19.8 Å². The molecule has 0 saturated carbocycles. The lowest BCUT2D eigenvalue weighted by Gasteiger charge is -2.13. The van der Waals surface area contributed by atoms with Crippen LogP contribution >= 0.6 is 0 Å². The zero-order valence-corrected chi connectivity index (χ0v) is 12.9. The maximum absolute atomic E-state index is 11.6. The lowest BCUT2D eigenvalue weighted by atomic mass is 9.96. The van der Waals surface area contributed by atoms with Crippen LogP contribution in [0.25, 0.3) is 0 Å². The lowest BCUT2D eigenvalue weighted by Crippen LogP contribution is -2.07. The third kappa shape index (κ3) is 4.38. The average molecular weight is 262 g/mol. The van der Waals surface area contributed by atoms with Crippen LogP contribution in [0.15, 0.2) is 12.1 Å². The zero-order chi connectivity index (χ0) is 14.4. The summed E-state index contributed by atoms with van der Waals surface area (Å²) >= 11 is 0. The molecule has 0 fully saturated rings. The normalized spacial score (nSPS) is 10.8. The molecule has 0 heterocycles. The first-order chi connectivity index (χ1) is 8.97. The van der Waals surface area contributed by atoms with E-state index in [4.69, 9.17) is 4.74 Å². The Kier molecular flexibility index (Phi) is 6.07. The van der Waals surface area contributed by atoms with Gasteiger partial charge in [0.1, 0.15) is 11.5 Å². The summed E-state index contributed by atoms with van der Waals surface area (Å²) < 4.78 is 5.59. The minimum atomic E-state index is 0.156. The molecule has 0 bridgehead atoms. The molecular formula is C17H26O2. The van der Waals surface area contributed by atoms with Crippen molar-refractivity contribution >= 4 is 5.78 Å². The van der Waals surface area contributed by atoms with Crippen molar-refractivity contribution < 1.29 is 9.53 Å². The van der Waals surface area contributed by atoms with E-state index >= 15 is 0 Å². The Morgan fingerprint density at radius 1 is 1.21 bits per heavy atom. The van der Waals surface area contributed by atoms with Crippen LogP contribution in [-0.4, -0.2) is 12.4 Å². The van der Waals surface area contributed by atoms with Gasteiger partial charge in [0.2, 0.25) is 0 Å². The van der Waals surface area contributed by atoms with Crippen molar-refractivity contribution in [1.29, 1.82) is 0 Å². The molecule has 1 rings (SSSR count). The maximum Gasteiger partial charge on any atom is 0.135 e. The van der Waals surface area contributed by atoms with E-state index in [0.717, 1.165) is 18.6 Å². The standard InChI is InChI=1S/C17H26O2/c1-6-19-17-11-10-15(13(4)14(17)5)8-7-9-16(18)12(2)3/h10-12H,6-9H2,1-5H3. The smallest absolute Gasteiger partial charge is 0.135 e. The summed E-state index contributed by atoms with van der Waals surface area (Å²) in [5.74, 6) is 1.49. The molecule has 0 radical (unpaired) electrons. The van der Waals surface area contributed by atoms with Crippen LogP contribution in [0.1, 0.15) is 50.3 Å². The summed E-state index contributed by atoms with van der Waals surface area (Å²) in [6.07, 6.45) is 2.59. The number of hydrogen-bond acceptors (Lipinski definition) is 2. The fourth-order valence-corrected chi connectivity index (χ4v) is 2.18. The topological polar surface area (TPSA) is 26.3 Å². The number of Topliss-reactive ketones (excluding diaryl/α,β-unsaturated/α-hetero) is 1. The SMILES string of the molecule is CCOc1ccc(CCCC(=O)C(C)C)c(C)c1C. The minimum Gasteiger partial charge on any atom is -0.494 e. The molecule has 0 N–H and O–H groups in total. The molecule has 0 spiro atoms. The molecular weight excluding hydrogens is 236 g/mol. The number of carbonyl (C=O) groups is 1. The van der Waals surface area contributed by atoms with E-state index in [1.807, 2.05) is 26.8 Å². The third-order valence-corrected chi connectivity index (χ3v) is 3.66. The Morgan fingerprint density at radius 3 is 2.47 bits per heavy atom. The molecule has 0 amide bonds. The van der Waals surface area contributed by atoms with Crippen molar-refractivity contribution in [2.75, 3.05) is 6.61 Å². The molecule has 106 valence electrons. The van der Waals surface area contributed by atoms with Gasteiger partial charge in [0.25, 0.3) is 0 Å². The highest BCUT2D eigenvalue weighted by Gasteiger charge is 2.09. The Labute approximate surface area is 117 Å². The van der Waals surface area contributed by atoms with Crippen LogP contribution < -0.4 is 4.74 Å². The van der Waals surface area contributed by atoms with Crippen LogP contribution in [0.3, 0.4) is 0 Å². The minimum absolute atomic E-state index is 0.156. The van der Waals surface area contributed by atoms with Gasteiger partial charge < -0.3 is 4.74 Å². The second-order valence-electron chi connectivity index (χ2n) is 5.38. The van der Waals surface area contributed by atoms with Gasteiger partial charge in [-0.1, -0.05) is 19.9 Å². The summed E-state index contributed by atoms with van der Waals surface area (Å²) in [6, 6.07) is 4.18. The Morgan fingerprint density at radius 2 is 1.89 bits per heavy atom. The Hall–Kier alpha value is -1.31. The Bertz CT molecular complexity index is 433. The van der Waals surface area contributed by atoms with Gasteiger partial charge in [0.05, 0.1) is 6.61 Å².